The summed E-state index contributed by atoms with van der Waals surface area (Å²) in [4.78, 5) is 11.9. The zero-order valence-corrected chi connectivity index (χ0v) is 10.4. The molecule has 0 aliphatic carbocycles. The van der Waals surface area contributed by atoms with Crippen molar-refractivity contribution in [1.29, 1.82) is 0 Å². The number of hydrogen-bond donors (Lipinski definition) is 2. The molecule has 0 aliphatic rings. The summed E-state index contributed by atoms with van der Waals surface area (Å²) in [5.74, 6) is -4.94. The van der Waals surface area contributed by atoms with Gasteiger partial charge >= 0.3 is 0 Å². The summed E-state index contributed by atoms with van der Waals surface area (Å²) in [6.07, 6.45) is 0. The minimum Gasteiger partial charge on any atom is -0.507 e. The highest BCUT2D eigenvalue weighted by Crippen LogP contribution is 2.24. The van der Waals surface area contributed by atoms with E-state index < -0.39 is 29.0 Å². The number of aromatic hydroxyl groups is 1. The van der Waals surface area contributed by atoms with E-state index in [1.165, 1.54) is 12.1 Å². The van der Waals surface area contributed by atoms with Crippen molar-refractivity contribution in [3.63, 3.8) is 0 Å². The molecule has 0 bridgehead atoms. The third kappa shape index (κ3) is 2.59. The first-order valence-corrected chi connectivity index (χ1v) is 5.64. The van der Waals surface area contributed by atoms with Crippen LogP contribution in [0.2, 0.25) is 0 Å². The summed E-state index contributed by atoms with van der Waals surface area (Å²) in [7, 11) is 0. The number of phenols is 1. The molecule has 1 amide bonds. The Hall–Kier alpha value is -2.50. The molecule has 0 unspecified atom stereocenters. The maximum absolute atomic E-state index is 13.4. The second-order valence-electron chi connectivity index (χ2n) is 4.17. The molecule has 2 aromatic rings. The van der Waals surface area contributed by atoms with Crippen LogP contribution < -0.4 is 5.32 Å². The number of para-hydroxylation sites is 1. The van der Waals surface area contributed by atoms with Crippen LogP contribution >= 0.6 is 0 Å². The summed E-state index contributed by atoms with van der Waals surface area (Å²) in [5, 5.41) is 11.7. The summed E-state index contributed by atoms with van der Waals surface area (Å²) < 4.78 is 39.4. The Bertz CT molecular complexity index is 686. The Kier molecular flexibility index (Phi) is 3.65. The fourth-order valence-corrected chi connectivity index (χ4v) is 1.68. The normalized spacial score (nSPS) is 10.4. The standard InChI is InChI=1S/C14H10F3NO2/c1-7-3-2-4-9(13(7)19)14(20)18-11-6-8(15)5-10(16)12(11)17/h2-6,19H,1H3,(H,18,20). The maximum atomic E-state index is 13.4. The number of halogens is 3. The number of aryl methyl sites for hydroxylation is 1. The van der Waals surface area contributed by atoms with Crippen LogP contribution in [0, 0.1) is 24.4 Å². The van der Waals surface area contributed by atoms with Crippen LogP contribution in [0.3, 0.4) is 0 Å². The smallest absolute Gasteiger partial charge is 0.259 e. The van der Waals surface area contributed by atoms with Crippen molar-refractivity contribution in [2.45, 2.75) is 6.92 Å². The van der Waals surface area contributed by atoms with Crippen LogP contribution in [0.25, 0.3) is 0 Å². The van der Waals surface area contributed by atoms with Gasteiger partial charge in [-0.3, -0.25) is 4.79 Å². The van der Waals surface area contributed by atoms with Crippen molar-refractivity contribution < 1.29 is 23.1 Å². The summed E-state index contributed by atoms with van der Waals surface area (Å²) in [6, 6.07) is 5.44. The van der Waals surface area contributed by atoms with Gasteiger partial charge in [-0.15, -0.1) is 0 Å². The molecule has 0 aromatic heterocycles. The van der Waals surface area contributed by atoms with Crippen molar-refractivity contribution in [2.75, 3.05) is 5.32 Å². The molecule has 0 saturated heterocycles. The lowest BCUT2D eigenvalue weighted by Crippen LogP contribution is -2.14. The van der Waals surface area contributed by atoms with E-state index in [1.54, 1.807) is 13.0 Å². The number of carbonyl (C=O) groups is 1. The second kappa shape index (κ2) is 5.24. The highest BCUT2D eigenvalue weighted by molar-refractivity contribution is 6.06. The van der Waals surface area contributed by atoms with Crippen molar-refractivity contribution in [2.24, 2.45) is 0 Å². The van der Waals surface area contributed by atoms with Gasteiger partial charge in [-0.2, -0.15) is 0 Å². The van der Waals surface area contributed by atoms with E-state index in [1.807, 2.05) is 5.32 Å². The van der Waals surface area contributed by atoms with Crippen LogP contribution in [-0.4, -0.2) is 11.0 Å². The zero-order chi connectivity index (χ0) is 14.9. The van der Waals surface area contributed by atoms with E-state index in [9.17, 15) is 23.1 Å². The Balaban J connectivity index is 2.35. The van der Waals surface area contributed by atoms with Crippen molar-refractivity contribution in [3.05, 3.63) is 58.9 Å². The van der Waals surface area contributed by atoms with Crippen LogP contribution in [0.4, 0.5) is 18.9 Å². The lowest BCUT2D eigenvalue weighted by molar-refractivity contribution is 0.102. The van der Waals surface area contributed by atoms with E-state index in [0.717, 1.165) is 0 Å². The molecular weight excluding hydrogens is 271 g/mol. The van der Waals surface area contributed by atoms with Crippen LogP contribution in [0.5, 0.6) is 5.75 Å². The number of rotatable bonds is 2. The third-order valence-electron chi connectivity index (χ3n) is 2.72. The zero-order valence-electron chi connectivity index (χ0n) is 10.4. The Morgan fingerprint density at radius 3 is 2.60 bits per heavy atom. The molecule has 0 fully saturated rings. The molecule has 0 saturated carbocycles. The summed E-state index contributed by atoms with van der Waals surface area (Å²) in [6.45, 7) is 1.58. The van der Waals surface area contributed by atoms with Crippen molar-refractivity contribution >= 4 is 11.6 Å². The lowest BCUT2D eigenvalue weighted by atomic mass is 10.1. The van der Waals surface area contributed by atoms with Crippen molar-refractivity contribution in [1.82, 2.24) is 0 Å². The van der Waals surface area contributed by atoms with Gasteiger partial charge in [0, 0.05) is 12.1 Å². The Morgan fingerprint density at radius 1 is 1.20 bits per heavy atom. The Labute approximate surface area is 112 Å². The van der Waals surface area contributed by atoms with Crippen LogP contribution in [-0.2, 0) is 0 Å². The van der Waals surface area contributed by atoms with E-state index in [0.29, 0.717) is 17.7 Å². The molecule has 0 aliphatic heterocycles. The minimum atomic E-state index is -1.41. The number of anilines is 1. The van der Waals surface area contributed by atoms with Crippen LogP contribution in [0.1, 0.15) is 15.9 Å². The van der Waals surface area contributed by atoms with Gasteiger partial charge < -0.3 is 10.4 Å². The number of phenolic OH excluding ortho intramolecular Hbond substituents is 1. The van der Waals surface area contributed by atoms with Gasteiger partial charge in [0.1, 0.15) is 11.6 Å². The molecular formula is C14H10F3NO2. The predicted octanol–water partition coefficient (Wildman–Crippen LogP) is 3.37. The maximum Gasteiger partial charge on any atom is 0.259 e. The first-order chi connectivity index (χ1) is 9.40. The molecule has 2 rings (SSSR count). The average Bonchev–Trinajstić information content (AvgIpc) is 2.38. The molecule has 6 heteroatoms. The molecule has 0 spiro atoms. The third-order valence-corrected chi connectivity index (χ3v) is 2.72. The average molecular weight is 281 g/mol. The summed E-state index contributed by atoms with van der Waals surface area (Å²) in [5.41, 5.74) is -0.300. The number of carbonyl (C=O) groups excluding carboxylic acids is 1. The first-order valence-electron chi connectivity index (χ1n) is 5.64. The number of nitrogens with one attached hydrogen (secondary N) is 1. The van der Waals surface area contributed by atoms with Gasteiger partial charge in [0.05, 0.1) is 11.3 Å². The van der Waals surface area contributed by atoms with Gasteiger partial charge in [0.15, 0.2) is 11.6 Å². The molecule has 104 valence electrons. The molecule has 2 aromatic carbocycles. The van der Waals surface area contributed by atoms with E-state index in [-0.39, 0.29) is 11.3 Å². The molecule has 20 heavy (non-hydrogen) atoms. The predicted molar refractivity (Wildman–Crippen MR) is 67.1 cm³/mol. The van der Waals surface area contributed by atoms with Gasteiger partial charge in [0.25, 0.3) is 5.91 Å². The van der Waals surface area contributed by atoms with E-state index >= 15 is 0 Å². The lowest BCUT2D eigenvalue weighted by Gasteiger charge is -2.09. The Morgan fingerprint density at radius 2 is 1.90 bits per heavy atom. The number of amides is 1. The van der Waals surface area contributed by atoms with Gasteiger partial charge in [-0.05, 0) is 18.6 Å². The fraction of sp³-hybridized carbons (Fsp3) is 0.0714. The molecule has 2 N–H and O–H groups in total. The van der Waals surface area contributed by atoms with Crippen molar-refractivity contribution in [3.8, 4) is 5.75 Å². The summed E-state index contributed by atoms with van der Waals surface area (Å²) >= 11 is 0. The molecule has 0 atom stereocenters. The van der Waals surface area contributed by atoms with Gasteiger partial charge in [-0.25, -0.2) is 13.2 Å². The highest BCUT2D eigenvalue weighted by atomic mass is 19.2. The van der Waals surface area contributed by atoms with Gasteiger partial charge in [0.2, 0.25) is 0 Å². The van der Waals surface area contributed by atoms with E-state index in [2.05, 4.69) is 0 Å². The quantitative estimate of drug-likeness (QED) is 0.829. The SMILES string of the molecule is Cc1cccc(C(=O)Nc2cc(F)cc(F)c2F)c1O. The van der Waals surface area contributed by atoms with Crippen LogP contribution in [0.15, 0.2) is 30.3 Å². The molecule has 0 radical (unpaired) electrons. The largest absolute Gasteiger partial charge is 0.507 e. The second-order valence-corrected chi connectivity index (χ2v) is 4.17. The van der Waals surface area contributed by atoms with E-state index in [4.69, 9.17) is 0 Å². The van der Waals surface area contributed by atoms with Gasteiger partial charge in [-0.1, -0.05) is 12.1 Å². The minimum absolute atomic E-state index is 0.117. The monoisotopic (exact) mass is 281 g/mol. The number of benzene rings is 2. The topological polar surface area (TPSA) is 49.3 Å². The molecule has 3 nitrogen and oxygen atoms in total. The highest BCUT2D eigenvalue weighted by Gasteiger charge is 2.17. The fourth-order valence-electron chi connectivity index (χ4n) is 1.68. The molecule has 0 heterocycles. The number of hydrogen-bond acceptors (Lipinski definition) is 2. The first kappa shape index (κ1) is 13.9.